The van der Waals surface area contributed by atoms with Gasteiger partial charge >= 0.3 is 0 Å². The van der Waals surface area contributed by atoms with Crippen molar-refractivity contribution in [3.05, 3.63) is 0 Å². The Kier molecular flexibility index (Phi) is 4.36. The zero-order valence-corrected chi connectivity index (χ0v) is 13.2. The monoisotopic (exact) mass is 301 g/mol. The minimum atomic E-state index is -3.27. The first-order valence-corrected chi connectivity index (χ1v) is 9.46. The highest BCUT2D eigenvalue weighted by atomic mass is 32.2. The SMILES string of the molecule is CN(C1CC2CCC(C1)N2)S(=O)(=O)N1CCCCCC1. The average Bonchev–Trinajstić information content (AvgIpc) is 2.68. The molecule has 3 heterocycles. The topological polar surface area (TPSA) is 52.7 Å². The van der Waals surface area contributed by atoms with Gasteiger partial charge in [-0.2, -0.15) is 17.0 Å². The van der Waals surface area contributed by atoms with Gasteiger partial charge in [-0.1, -0.05) is 12.8 Å². The molecular weight excluding hydrogens is 274 g/mol. The molecule has 0 aromatic heterocycles. The number of nitrogens with one attached hydrogen (secondary N) is 1. The van der Waals surface area contributed by atoms with E-state index in [2.05, 4.69) is 5.32 Å². The number of hydrogen-bond donors (Lipinski definition) is 1. The van der Waals surface area contributed by atoms with Crippen molar-refractivity contribution in [3.8, 4) is 0 Å². The van der Waals surface area contributed by atoms with Crippen LogP contribution in [0.5, 0.6) is 0 Å². The lowest BCUT2D eigenvalue weighted by molar-refractivity contribution is 0.236. The Morgan fingerprint density at radius 2 is 1.55 bits per heavy atom. The molecule has 3 aliphatic heterocycles. The zero-order chi connectivity index (χ0) is 14.2. The maximum Gasteiger partial charge on any atom is 0.281 e. The van der Waals surface area contributed by atoms with Gasteiger partial charge in [0.25, 0.3) is 10.2 Å². The molecule has 0 radical (unpaired) electrons. The number of rotatable bonds is 3. The van der Waals surface area contributed by atoms with Crippen molar-refractivity contribution in [1.82, 2.24) is 13.9 Å². The third kappa shape index (κ3) is 2.89. The Labute approximate surface area is 122 Å². The van der Waals surface area contributed by atoms with E-state index < -0.39 is 10.2 Å². The van der Waals surface area contributed by atoms with Crippen LogP contribution in [-0.2, 0) is 10.2 Å². The molecule has 2 atom stereocenters. The molecule has 0 amide bonds. The normalized spacial score (nSPS) is 36.2. The van der Waals surface area contributed by atoms with Crippen LogP contribution in [-0.4, -0.2) is 55.3 Å². The van der Waals surface area contributed by atoms with Crippen molar-refractivity contribution < 1.29 is 8.42 Å². The van der Waals surface area contributed by atoms with Crippen molar-refractivity contribution in [2.75, 3.05) is 20.1 Å². The minimum absolute atomic E-state index is 0.182. The van der Waals surface area contributed by atoms with Gasteiger partial charge in [-0.15, -0.1) is 0 Å². The van der Waals surface area contributed by atoms with E-state index in [4.69, 9.17) is 0 Å². The van der Waals surface area contributed by atoms with Crippen LogP contribution in [0.3, 0.4) is 0 Å². The van der Waals surface area contributed by atoms with Gasteiger partial charge in [0.05, 0.1) is 0 Å². The van der Waals surface area contributed by atoms with E-state index >= 15 is 0 Å². The quantitative estimate of drug-likeness (QED) is 0.855. The smallest absolute Gasteiger partial charge is 0.281 e. The molecule has 0 aromatic rings. The molecule has 3 fully saturated rings. The highest BCUT2D eigenvalue weighted by molar-refractivity contribution is 7.86. The lowest BCUT2D eigenvalue weighted by Crippen LogP contribution is -2.52. The number of fused-ring (bicyclic) bond motifs is 2. The molecule has 6 heteroatoms. The van der Waals surface area contributed by atoms with Crippen LogP contribution in [0.15, 0.2) is 0 Å². The number of piperidine rings is 1. The van der Waals surface area contributed by atoms with Crippen LogP contribution >= 0.6 is 0 Å². The summed E-state index contributed by atoms with van der Waals surface area (Å²) in [4.78, 5) is 0. The first kappa shape index (κ1) is 14.8. The van der Waals surface area contributed by atoms with E-state index in [0.717, 1.165) is 38.5 Å². The molecule has 0 aliphatic carbocycles. The maximum atomic E-state index is 12.8. The summed E-state index contributed by atoms with van der Waals surface area (Å²) in [5, 5.41) is 3.58. The van der Waals surface area contributed by atoms with Gasteiger partial charge in [0.1, 0.15) is 0 Å². The summed E-state index contributed by atoms with van der Waals surface area (Å²) >= 11 is 0. The van der Waals surface area contributed by atoms with E-state index in [1.165, 1.54) is 12.8 Å². The second-order valence-corrected chi connectivity index (χ2v) is 8.59. The van der Waals surface area contributed by atoms with E-state index in [1.807, 2.05) is 0 Å². The molecule has 116 valence electrons. The van der Waals surface area contributed by atoms with Gasteiger partial charge < -0.3 is 5.32 Å². The number of nitrogens with zero attached hydrogens (tertiary/aromatic N) is 2. The fourth-order valence-electron chi connectivity index (χ4n) is 3.97. The second kappa shape index (κ2) is 5.91. The second-order valence-electron chi connectivity index (χ2n) is 6.60. The van der Waals surface area contributed by atoms with E-state index in [9.17, 15) is 8.42 Å². The van der Waals surface area contributed by atoms with E-state index in [0.29, 0.717) is 25.2 Å². The molecular formula is C14H27N3O2S. The Morgan fingerprint density at radius 3 is 2.10 bits per heavy atom. The van der Waals surface area contributed by atoms with E-state index in [1.54, 1.807) is 15.7 Å². The molecule has 5 nitrogen and oxygen atoms in total. The van der Waals surface area contributed by atoms with Gasteiger partial charge in [-0.25, -0.2) is 0 Å². The van der Waals surface area contributed by atoms with Gasteiger partial charge in [0.2, 0.25) is 0 Å². The lowest BCUT2D eigenvalue weighted by atomic mass is 10.0. The molecule has 2 bridgehead atoms. The van der Waals surface area contributed by atoms with Gasteiger partial charge in [-0.3, -0.25) is 0 Å². The molecule has 3 rings (SSSR count). The fourth-order valence-corrected chi connectivity index (χ4v) is 5.60. The van der Waals surface area contributed by atoms with Crippen molar-refractivity contribution >= 4 is 10.2 Å². The summed E-state index contributed by atoms with van der Waals surface area (Å²) in [6.45, 7) is 1.40. The first-order valence-electron chi connectivity index (χ1n) is 8.06. The molecule has 0 spiro atoms. The van der Waals surface area contributed by atoms with Crippen LogP contribution in [0.4, 0.5) is 0 Å². The van der Waals surface area contributed by atoms with Crippen LogP contribution in [0.25, 0.3) is 0 Å². The minimum Gasteiger partial charge on any atom is -0.311 e. The van der Waals surface area contributed by atoms with Gasteiger partial charge in [0.15, 0.2) is 0 Å². The summed E-state index contributed by atoms with van der Waals surface area (Å²) in [5.74, 6) is 0. The third-order valence-corrected chi connectivity index (χ3v) is 7.26. The van der Waals surface area contributed by atoms with Crippen molar-refractivity contribution in [2.45, 2.75) is 69.5 Å². The highest BCUT2D eigenvalue weighted by Crippen LogP contribution is 2.31. The zero-order valence-electron chi connectivity index (χ0n) is 12.4. The molecule has 2 unspecified atom stereocenters. The molecule has 20 heavy (non-hydrogen) atoms. The van der Waals surface area contributed by atoms with E-state index in [-0.39, 0.29) is 6.04 Å². The molecule has 1 N–H and O–H groups in total. The Bertz CT molecular complexity index is 420. The maximum absolute atomic E-state index is 12.8. The van der Waals surface area contributed by atoms with Crippen molar-refractivity contribution in [2.24, 2.45) is 0 Å². The predicted octanol–water partition coefficient (Wildman–Crippen LogP) is 1.32. The Morgan fingerprint density at radius 1 is 1.00 bits per heavy atom. The van der Waals surface area contributed by atoms with Gasteiger partial charge in [0, 0.05) is 38.3 Å². The van der Waals surface area contributed by atoms with Crippen LogP contribution in [0.1, 0.15) is 51.4 Å². The highest BCUT2D eigenvalue weighted by Gasteiger charge is 2.40. The standard InChI is InChI=1S/C14H27N3O2S/c1-16(14-10-12-6-7-13(11-14)15-12)20(18,19)17-8-4-2-3-5-9-17/h12-15H,2-11H2,1H3. The molecule has 0 aromatic carbocycles. The molecule has 3 aliphatic rings. The Hall–Kier alpha value is -0.170. The first-order chi connectivity index (χ1) is 9.57. The predicted molar refractivity (Wildman–Crippen MR) is 79.7 cm³/mol. The summed E-state index contributed by atoms with van der Waals surface area (Å²) in [7, 11) is -1.48. The summed E-state index contributed by atoms with van der Waals surface area (Å²) in [6, 6.07) is 1.24. The van der Waals surface area contributed by atoms with Crippen LogP contribution < -0.4 is 5.32 Å². The summed E-state index contributed by atoms with van der Waals surface area (Å²) in [5.41, 5.74) is 0. The molecule has 3 saturated heterocycles. The number of hydrogen-bond acceptors (Lipinski definition) is 3. The summed E-state index contributed by atoms with van der Waals surface area (Å²) < 4.78 is 29.0. The average molecular weight is 301 g/mol. The van der Waals surface area contributed by atoms with Crippen LogP contribution in [0.2, 0.25) is 0 Å². The molecule has 0 saturated carbocycles. The Balaban J connectivity index is 1.69. The lowest BCUT2D eigenvalue weighted by Gasteiger charge is -2.37. The van der Waals surface area contributed by atoms with Crippen molar-refractivity contribution in [1.29, 1.82) is 0 Å². The summed E-state index contributed by atoms with van der Waals surface area (Å²) in [6.07, 6.45) is 8.69. The largest absolute Gasteiger partial charge is 0.311 e. The fraction of sp³-hybridized carbons (Fsp3) is 1.00. The van der Waals surface area contributed by atoms with Crippen LogP contribution in [0, 0.1) is 0 Å². The third-order valence-electron chi connectivity index (χ3n) is 5.22. The van der Waals surface area contributed by atoms with Crippen molar-refractivity contribution in [3.63, 3.8) is 0 Å². The van der Waals surface area contributed by atoms with Gasteiger partial charge in [-0.05, 0) is 38.5 Å².